The summed E-state index contributed by atoms with van der Waals surface area (Å²) in [4.78, 5) is 1.24. The fourth-order valence-electron chi connectivity index (χ4n) is 2.38. The highest BCUT2D eigenvalue weighted by atomic mass is 32.2. The molecule has 0 amide bonds. The van der Waals surface area contributed by atoms with Gasteiger partial charge in [-0.3, -0.25) is 0 Å². The summed E-state index contributed by atoms with van der Waals surface area (Å²) in [5.74, 6) is 0.680. The zero-order chi connectivity index (χ0) is 19.2. The number of sulfonamides is 1. The molecule has 0 saturated heterocycles. The largest absolute Gasteiger partial charge is 0.493 e. The summed E-state index contributed by atoms with van der Waals surface area (Å²) in [6, 6.07) is 12.2. The molecule has 2 N–H and O–H groups in total. The molecule has 0 fully saturated rings. The van der Waals surface area contributed by atoms with Gasteiger partial charge >= 0.3 is 0 Å². The van der Waals surface area contributed by atoms with Gasteiger partial charge in [-0.25, -0.2) is 13.1 Å². The molecule has 1 atom stereocenters. The Labute approximate surface area is 159 Å². The van der Waals surface area contributed by atoms with Crippen molar-refractivity contribution in [2.75, 3.05) is 19.4 Å². The van der Waals surface area contributed by atoms with Gasteiger partial charge in [-0.2, -0.15) is 0 Å². The summed E-state index contributed by atoms with van der Waals surface area (Å²) < 4.78 is 33.0. The first-order valence-electron chi connectivity index (χ1n) is 8.42. The molecular weight excluding hydrogens is 370 g/mol. The third-order valence-electron chi connectivity index (χ3n) is 3.89. The number of hydrogen-bond donors (Lipinski definition) is 2. The molecule has 2 aromatic carbocycles. The quantitative estimate of drug-likeness (QED) is 0.636. The topological polar surface area (TPSA) is 75.6 Å². The molecule has 0 spiro atoms. The van der Waals surface area contributed by atoms with E-state index in [1.54, 1.807) is 36.0 Å². The van der Waals surface area contributed by atoms with Crippen LogP contribution in [0.25, 0.3) is 0 Å². The van der Waals surface area contributed by atoms with Crippen molar-refractivity contribution in [3.8, 4) is 5.75 Å². The minimum absolute atomic E-state index is 0.0892. The lowest BCUT2D eigenvalue weighted by Gasteiger charge is -2.14. The number of benzene rings is 2. The van der Waals surface area contributed by atoms with Crippen LogP contribution in [0.15, 0.2) is 52.3 Å². The predicted molar refractivity (Wildman–Crippen MR) is 105 cm³/mol. The average Bonchev–Trinajstić information content (AvgIpc) is 2.65. The number of aliphatic hydroxyl groups excluding tert-OH is 1. The summed E-state index contributed by atoms with van der Waals surface area (Å²) in [5.41, 5.74) is 1.43. The number of thioether (sulfide) groups is 1. The Morgan fingerprint density at radius 1 is 1.19 bits per heavy atom. The van der Waals surface area contributed by atoms with Gasteiger partial charge in [0.15, 0.2) is 0 Å². The molecular formula is C19H25NO4S2. The van der Waals surface area contributed by atoms with E-state index in [-0.39, 0.29) is 11.4 Å². The van der Waals surface area contributed by atoms with Gasteiger partial charge in [-0.05, 0) is 61.1 Å². The van der Waals surface area contributed by atoms with Crippen LogP contribution in [-0.4, -0.2) is 32.9 Å². The summed E-state index contributed by atoms with van der Waals surface area (Å²) in [5, 5.41) is 10.2. The lowest BCUT2D eigenvalue weighted by molar-refractivity contribution is 0.182. The summed E-state index contributed by atoms with van der Waals surface area (Å²) in [6.45, 7) is 4.32. The van der Waals surface area contributed by atoms with Crippen molar-refractivity contribution in [3.05, 3.63) is 53.6 Å². The molecule has 0 aromatic heterocycles. The molecule has 0 bridgehead atoms. The molecule has 2 rings (SSSR count). The Hall–Kier alpha value is -1.54. The Morgan fingerprint density at radius 3 is 2.46 bits per heavy atom. The fraction of sp³-hybridized carbons (Fsp3) is 0.368. The lowest BCUT2D eigenvalue weighted by Crippen LogP contribution is -2.28. The van der Waals surface area contributed by atoms with Crippen molar-refractivity contribution >= 4 is 21.8 Å². The molecule has 7 heteroatoms. The fourth-order valence-corrected chi connectivity index (χ4v) is 3.91. The third kappa shape index (κ3) is 5.48. The standard InChI is InChI=1S/C19H25NO4S2/c1-4-11-24-19-10-9-17(12-14(19)2)26(22,23)20-13-18(21)15-5-7-16(25-3)8-6-15/h5-10,12,18,20-21H,4,11,13H2,1-3H3. The van der Waals surface area contributed by atoms with Crippen LogP contribution >= 0.6 is 11.8 Å². The first-order valence-corrected chi connectivity index (χ1v) is 11.1. The number of rotatable bonds is 9. The number of nitrogens with one attached hydrogen (secondary N) is 1. The summed E-state index contributed by atoms with van der Waals surface area (Å²) in [6.07, 6.45) is 1.95. The third-order valence-corrected chi connectivity index (χ3v) is 6.05. The van der Waals surface area contributed by atoms with Gasteiger partial charge in [0, 0.05) is 11.4 Å². The second-order valence-electron chi connectivity index (χ2n) is 5.92. The van der Waals surface area contributed by atoms with Gasteiger partial charge in [-0.15, -0.1) is 11.8 Å². The average molecular weight is 396 g/mol. The molecule has 1 unspecified atom stereocenters. The monoisotopic (exact) mass is 395 g/mol. The number of aryl methyl sites for hydroxylation is 1. The van der Waals surface area contributed by atoms with Crippen LogP contribution in [0.5, 0.6) is 5.75 Å². The molecule has 0 aliphatic heterocycles. The van der Waals surface area contributed by atoms with E-state index >= 15 is 0 Å². The van der Waals surface area contributed by atoms with Crippen LogP contribution in [0.1, 0.15) is 30.6 Å². The highest BCUT2D eigenvalue weighted by molar-refractivity contribution is 7.98. The van der Waals surface area contributed by atoms with E-state index in [2.05, 4.69) is 4.72 Å². The second kappa shape index (κ2) is 9.41. The number of ether oxygens (including phenoxy) is 1. The second-order valence-corrected chi connectivity index (χ2v) is 8.56. The van der Waals surface area contributed by atoms with E-state index in [0.29, 0.717) is 17.9 Å². The first kappa shape index (κ1) is 20.8. The predicted octanol–water partition coefficient (Wildman–Crippen LogP) is 3.52. The number of aliphatic hydroxyl groups is 1. The maximum absolute atomic E-state index is 12.5. The highest BCUT2D eigenvalue weighted by Crippen LogP contribution is 2.23. The minimum Gasteiger partial charge on any atom is -0.493 e. The van der Waals surface area contributed by atoms with Crippen molar-refractivity contribution in [3.63, 3.8) is 0 Å². The van der Waals surface area contributed by atoms with E-state index in [9.17, 15) is 13.5 Å². The van der Waals surface area contributed by atoms with Gasteiger partial charge in [-0.1, -0.05) is 19.1 Å². The zero-order valence-electron chi connectivity index (χ0n) is 15.2. The van der Waals surface area contributed by atoms with Gasteiger partial charge in [0.25, 0.3) is 0 Å². The molecule has 142 valence electrons. The van der Waals surface area contributed by atoms with E-state index in [1.807, 2.05) is 32.2 Å². The molecule has 0 radical (unpaired) electrons. The molecule has 5 nitrogen and oxygen atoms in total. The Kier molecular flexibility index (Phi) is 7.52. The lowest BCUT2D eigenvalue weighted by atomic mass is 10.1. The van der Waals surface area contributed by atoms with Crippen LogP contribution in [0.2, 0.25) is 0 Å². The van der Waals surface area contributed by atoms with Crippen LogP contribution in [0, 0.1) is 6.92 Å². The summed E-state index contributed by atoms with van der Waals surface area (Å²) >= 11 is 1.61. The molecule has 0 heterocycles. The smallest absolute Gasteiger partial charge is 0.240 e. The first-order chi connectivity index (χ1) is 12.4. The maximum Gasteiger partial charge on any atom is 0.240 e. The van der Waals surface area contributed by atoms with Gasteiger partial charge in [0.2, 0.25) is 10.0 Å². The Bertz CT molecular complexity index is 820. The normalized spacial score (nSPS) is 12.8. The molecule has 0 aliphatic carbocycles. The molecule has 2 aromatic rings. The van der Waals surface area contributed by atoms with Crippen molar-refractivity contribution in [2.45, 2.75) is 36.2 Å². The van der Waals surface area contributed by atoms with Crippen molar-refractivity contribution < 1.29 is 18.3 Å². The van der Waals surface area contributed by atoms with Crippen LogP contribution < -0.4 is 9.46 Å². The molecule has 0 saturated carbocycles. The van der Waals surface area contributed by atoms with Gasteiger partial charge in [0.1, 0.15) is 5.75 Å². The Balaban J connectivity index is 2.04. The van der Waals surface area contributed by atoms with Crippen molar-refractivity contribution in [1.29, 1.82) is 0 Å². The van der Waals surface area contributed by atoms with Gasteiger partial charge in [0.05, 0.1) is 17.6 Å². The SMILES string of the molecule is CCCOc1ccc(S(=O)(=O)NCC(O)c2ccc(SC)cc2)cc1C. The molecule has 26 heavy (non-hydrogen) atoms. The maximum atomic E-state index is 12.5. The van der Waals surface area contributed by atoms with E-state index in [1.165, 1.54) is 6.07 Å². The highest BCUT2D eigenvalue weighted by Gasteiger charge is 2.18. The van der Waals surface area contributed by atoms with E-state index < -0.39 is 16.1 Å². The summed E-state index contributed by atoms with van der Waals surface area (Å²) in [7, 11) is -3.71. The van der Waals surface area contributed by atoms with Crippen LogP contribution in [-0.2, 0) is 10.0 Å². The van der Waals surface area contributed by atoms with E-state index in [0.717, 1.165) is 16.9 Å². The van der Waals surface area contributed by atoms with Crippen LogP contribution in [0.4, 0.5) is 0 Å². The Morgan fingerprint density at radius 2 is 1.88 bits per heavy atom. The van der Waals surface area contributed by atoms with Gasteiger partial charge < -0.3 is 9.84 Å². The van der Waals surface area contributed by atoms with E-state index in [4.69, 9.17) is 4.74 Å². The minimum atomic E-state index is -3.71. The number of hydrogen-bond acceptors (Lipinski definition) is 5. The van der Waals surface area contributed by atoms with Crippen molar-refractivity contribution in [2.24, 2.45) is 0 Å². The zero-order valence-corrected chi connectivity index (χ0v) is 16.9. The van der Waals surface area contributed by atoms with Crippen LogP contribution in [0.3, 0.4) is 0 Å². The molecule has 0 aliphatic rings. The van der Waals surface area contributed by atoms with Crippen molar-refractivity contribution in [1.82, 2.24) is 4.72 Å².